The molecule has 122 valence electrons. The third kappa shape index (κ3) is 4.20. The SMILES string of the molecule is CN1CCN(SC(=O)SCc2c(O)ccc3ccccc23)CC1. The van der Waals surface area contributed by atoms with Crippen molar-refractivity contribution in [2.75, 3.05) is 33.2 Å². The Hall–Kier alpha value is -1.21. The van der Waals surface area contributed by atoms with Gasteiger partial charge in [0, 0.05) is 49.4 Å². The fourth-order valence-electron chi connectivity index (χ4n) is 2.62. The first-order valence-electron chi connectivity index (χ1n) is 7.61. The largest absolute Gasteiger partial charge is 0.508 e. The highest BCUT2D eigenvalue weighted by molar-refractivity contribution is 8.37. The van der Waals surface area contributed by atoms with Crippen molar-refractivity contribution in [1.82, 2.24) is 9.21 Å². The predicted octanol–water partition coefficient (Wildman–Crippen LogP) is 3.79. The van der Waals surface area contributed by atoms with Crippen molar-refractivity contribution in [3.8, 4) is 5.75 Å². The summed E-state index contributed by atoms with van der Waals surface area (Å²) >= 11 is 2.56. The Kier molecular flexibility index (Phi) is 5.48. The molecule has 0 radical (unpaired) electrons. The molecule has 2 aromatic rings. The molecule has 6 heteroatoms. The van der Waals surface area contributed by atoms with Crippen LogP contribution >= 0.6 is 23.7 Å². The summed E-state index contributed by atoms with van der Waals surface area (Å²) in [6.45, 7) is 3.81. The molecule has 1 aliphatic rings. The van der Waals surface area contributed by atoms with Crippen LogP contribution in [0.2, 0.25) is 0 Å². The summed E-state index contributed by atoms with van der Waals surface area (Å²) in [4.78, 5) is 14.5. The number of carbonyl (C=O) groups is 1. The van der Waals surface area contributed by atoms with E-state index in [1.54, 1.807) is 6.07 Å². The van der Waals surface area contributed by atoms with Gasteiger partial charge in [0.25, 0.3) is 4.45 Å². The number of nitrogens with zero attached hydrogens (tertiary/aromatic N) is 2. The maximum atomic E-state index is 12.2. The predicted molar refractivity (Wildman–Crippen MR) is 99.0 cm³/mol. The van der Waals surface area contributed by atoms with Crippen molar-refractivity contribution in [3.05, 3.63) is 42.0 Å². The molecular formula is C17H20N2O2S2. The summed E-state index contributed by atoms with van der Waals surface area (Å²) in [7, 11) is 2.10. The number of hydrogen-bond acceptors (Lipinski definition) is 6. The minimum absolute atomic E-state index is 0.0851. The highest BCUT2D eigenvalue weighted by Gasteiger charge is 2.18. The Bertz CT molecular complexity index is 700. The van der Waals surface area contributed by atoms with Gasteiger partial charge in [0.05, 0.1) is 0 Å². The number of phenolic OH excluding ortho intramolecular Hbond substituents is 1. The second-order valence-electron chi connectivity index (χ2n) is 5.65. The van der Waals surface area contributed by atoms with Crippen LogP contribution in [-0.4, -0.2) is 52.0 Å². The first kappa shape index (κ1) is 16.6. The number of hydrogen-bond donors (Lipinski definition) is 1. The Morgan fingerprint density at radius 3 is 2.65 bits per heavy atom. The summed E-state index contributed by atoms with van der Waals surface area (Å²) < 4.78 is 2.21. The molecule has 0 unspecified atom stereocenters. The molecule has 0 atom stereocenters. The second-order valence-corrected chi connectivity index (χ2v) is 7.92. The summed E-state index contributed by atoms with van der Waals surface area (Å²) in [6, 6.07) is 11.5. The molecule has 0 spiro atoms. The van der Waals surface area contributed by atoms with Crippen LogP contribution in [0.4, 0.5) is 4.79 Å². The molecule has 0 aromatic heterocycles. The number of rotatable bonds is 3. The molecule has 2 aromatic carbocycles. The lowest BCUT2D eigenvalue weighted by Gasteiger charge is -2.30. The molecule has 1 saturated heterocycles. The smallest absolute Gasteiger partial charge is 0.261 e. The molecule has 0 saturated carbocycles. The second kappa shape index (κ2) is 7.57. The van der Waals surface area contributed by atoms with Gasteiger partial charge in [-0.3, -0.25) is 4.79 Å². The van der Waals surface area contributed by atoms with Gasteiger partial charge in [-0.15, -0.1) is 0 Å². The highest BCUT2D eigenvalue weighted by Crippen LogP contribution is 2.33. The molecule has 1 N–H and O–H groups in total. The average molecular weight is 348 g/mol. The van der Waals surface area contributed by atoms with Gasteiger partial charge in [0.15, 0.2) is 0 Å². The van der Waals surface area contributed by atoms with Crippen LogP contribution < -0.4 is 0 Å². The molecule has 3 rings (SSSR count). The Morgan fingerprint density at radius 2 is 1.87 bits per heavy atom. The lowest BCUT2D eigenvalue weighted by molar-refractivity contribution is 0.232. The summed E-state index contributed by atoms with van der Waals surface area (Å²) in [5.74, 6) is 0.751. The van der Waals surface area contributed by atoms with Gasteiger partial charge < -0.3 is 10.0 Å². The van der Waals surface area contributed by atoms with Gasteiger partial charge in [-0.05, 0) is 23.9 Å². The van der Waals surface area contributed by atoms with Crippen molar-refractivity contribution >= 4 is 38.9 Å². The van der Waals surface area contributed by atoms with E-state index in [9.17, 15) is 9.90 Å². The van der Waals surface area contributed by atoms with Crippen molar-refractivity contribution in [2.24, 2.45) is 0 Å². The van der Waals surface area contributed by atoms with Crippen LogP contribution in [0, 0.1) is 0 Å². The number of benzene rings is 2. The Morgan fingerprint density at radius 1 is 1.13 bits per heavy atom. The van der Waals surface area contributed by atoms with Crippen LogP contribution in [-0.2, 0) is 5.75 Å². The third-order valence-corrected chi connectivity index (χ3v) is 6.03. The van der Waals surface area contributed by atoms with Gasteiger partial charge in [-0.25, -0.2) is 4.31 Å². The average Bonchev–Trinajstić information content (AvgIpc) is 2.56. The first-order chi connectivity index (χ1) is 11.1. The minimum atomic E-state index is 0.0851. The number of fused-ring (bicyclic) bond motifs is 1. The molecule has 23 heavy (non-hydrogen) atoms. The van der Waals surface area contributed by atoms with Crippen LogP contribution in [0.15, 0.2) is 36.4 Å². The zero-order valence-corrected chi connectivity index (χ0v) is 14.7. The lowest BCUT2D eigenvalue weighted by Crippen LogP contribution is -2.41. The maximum absolute atomic E-state index is 12.2. The minimum Gasteiger partial charge on any atom is -0.508 e. The van der Waals surface area contributed by atoms with E-state index in [-0.39, 0.29) is 10.2 Å². The van der Waals surface area contributed by atoms with Gasteiger partial charge >= 0.3 is 0 Å². The highest BCUT2D eigenvalue weighted by atomic mass is 32.2. The summed E-state index contributed by atoms with van der Waals surface area (Å²) in [5.41, 5.74) is 0.834. The van der Waals surface area contributed by atoms with E-state index in [4.69, 9.17) is 0 Å². The fraction of sp³-hybridized carbons (Fsp3) is 0.353. The fourth-order valence-corrected chi connectivity index (χ4v) is 4.44. The molecule has 1 heterocycles. The van der Waals surface area contributed by atoms with Crippen LogP contribution in [0.5, 0.6) is 5.75 Å². The van der Waals surface area contributed by atoms with E-state index in [1.807, 2.05) is 30.3 Å². The molecular weight excluding hydrogens is 328 g/mol. The topological polar surface area (TPSA) is 43.8 Å². The van der Waals surface area contributed by atoms with Crippen molar-refractivity contribution in [3.63, 3.8) is 0 Å². The number of thioether (sulfide) groups is 1. The summed E-state index contributed by atoms with van der Waals surface area (Å²) in [6.07, 6.45) is 0. The Balaban J connectivity index is 1.62. The standard InChI is InChI=1S/C17H20N2O2S2/c1-18-8-10-19(11-9-18)23-17(21)22-12-15-14-5-3-2-4-13(14)6-7-16(15)20/h2-7,20H,8-12H2,1H3. The summed E-state index contributed by atoms with van der Waals surface area (Å²) in [5, 5.41) is 12.2. The van der Waals surface area contributed by atoms with E-state index in [1.165, 1.54) is 23.7 Å². The molecule has 1 fully saturated rings. The van der Waals surface area contributed by atoms with Crippen molar-refractivity contribution < 1.29 is 9.90 Å². The van der Waals surface area contributed by atoms with Crippen molar-refractivity contribution in [2.45, 2.75) is 5.75 Å². The van der Waals surface area contributed by atoms with Crippen LogP contribution in [0.25, 0.3) is 10.8 Å². The maximum Gasteiger partial charge on any atom is 0.261 e. The number of carbonyl (C=O) groups excluding carboxylic acids is 1. The van der Waals surface area contributed by atoms with Gasteiger partial charge in [0.1, 0.15) is 5.75 Å². The van der Waals surface area contributed by atoms with Gasteiger partial charge in [0.2, 0.25) is 0 Å². The van der Waals surface area contributed by atoms with Crippen molar-refractivity contribution in [1.29, 1.82) is 0 Å². The van der Waals surface area contributed by atoms with E-state index < -0.39 is 0 Å². The van der Waals surface area contributed by atoms with E-state index in [0.29, 0.717) is 5.75 Å². The van der Waals surface area contributed by atoms with E-state index in [0.717, 1.165) is 42.5 Å². The molecule has 1 aliphatic heterocycles. The molecule has 0 amide bonds. The van der Waals surface area contributed by atoms with E-state index >= 15 is 0 Å². The quantitative estimate of drug-likeness (QED) is 0.851. The molecule has 0 bridgehead atoms. The third-order valence-electron chi connectivity index (χ3n) is 4.02. The number of piperazine rings is 1. The normalized spacial score (nSPS) is 16.7. The molecule has 4 nitrogen and oxygen atoms in total. The zero-order chi connectivity index (χ0) is 16.2. The van der Waals surface area contributed by atoms with E-state index in [2.05, 4.69) is 16.3 Å². The lowest BCUT2D eigenvalue weighted by atomic mass is 10.0. The number of phenols is 1. The van der Waals surface area contributed by atoms with Gasteiger partial charge in [-0.1, -0.05) is 42.1 Å². The molecule has 0 aliphatic carbocycles. The van der Waals surface area contributed by atoms with Gasteiger partial charge in [-0.2, -0.15) is 0 Å². The van der Waals surface area contributed by atoms with Crippen LogP contribution in [0.1, 0.15) is 5.56 Å². The Labute approximate surface area is 145 Å². The zero-order valence-electron chi connectivity index (χ0n) is 13.1. The monoisotopic (exact) mass is 348 g/mol. The first-order valence-corrected chi connectivity index (χ1v) is 9.37. The number of likely N-dealkylation sites (N-methyl/N-ethyl adjacent to an activating group) is 1. The van der Waals surface area contributed by atoms with Crippen LogP contribution in [0.3, 0.4) is 0 Å². The number of aromatic hydroxyl groups is 1.